The number of aromatic nitrogens is 3. The maximum Gasteiger partial charge on any atom is 0.233 e. The quantitative estimate of drug-likeness (QED) is 0.470. The molecular formula is C19H18FN5O3S. The second-order valence-corrected chi connectivity index (χ2v) is 7.66. The number of rotatable bonds is 6. The molecule has 0 saturated carbocycles. The van der Waals surface area contributed by atoms with Crippen molar-refractivity contribution in [3.05, 3.63) is 53.8 Å². The molecule has 1 aromatic heterocycles. The summed E-state index contributed by atoms with van der Waals surface area (Å²) >= 11 is 1.19. The Morgan fingerprint density at radius 3 is 2.79 bits per heavy atom. The van der Waals surface area contributed by atoms with Crippen LogP contribution < -0.4 is 20.6 Å². The van der Waals surface area contributed by atoms with Crippen LogP contribution >= 0.6 is 11.8 Å². The summed E-state index contributed by atoms with van der Waals surface area (Å²) in [7, 11) is 0. The third-order valence-electron chi connectivity index (χ3n) is 4.32. The highest BCUT2D eigenvalue weighted by Crippen LogP contribution is 2.32. The zero-order valence-corrected chi connectivity index (χ0v) is 16.3. The number of hydrogen-bond donors (Lipinski definition) is 2. The van der Waals surface area contributed by atoms with Gasteiger partial charge in [-0.25, -0.2) is 9.07 Å². The third kappa shape index (κ3) is 4.11. The van der Waals surface area contributed by atoms with Gasteiger partial charge >= 0.3 is 0 Å². The summed E-state index contributed by atoms with van der Waals surface area (Å²) < 4.78 is 25.0. The molecule has 4 rings (SSSR count). The first-order valence-corrected chi connectivity index (χ1v) is 9.68. The van der Waals surface area contributed by atoms with Gasteiger partial charge in [-0.05, 0) is 48.9 Å². The monoisotopic (exact) mass is 415 g/mol. The number of carbonyl (C=O) groups is 1. The molecule has 2 heterocycles. The number of amides is 1. The van der Waals surface area contributed by atoms with Crippen LogP contribution in [0.15, 0.2) is 47.6 Å². The Hall–Kier alpha value is -3.27. The number of nitrogens with zero attached hydrogens (tertiary/aromatic N) is 3. The van der Waals surface area contributed by atoms with E-state index in [2.05, 4.69) is 15.5 Å². The molecule has 3 aromatic rings. The van der Waals surface area contributed by atoms with E-state index in [1.165, 1.54) is 28.6 Å². The fourth-order valence-electron chi connectivity index (χ4n) is 2.75. The molecule has 1 amide bonds. The zero-order valence-electron chi connectivity index (χ0n) is 15.5. The van der Waals surface area contributed by atoms with Crippen molar-refractivity contribution in [2.75, 3.05) is 12.6 Å². The van der Waals surface area contributed by atoms with Gasteiger partial charge in [0.05, 0.1) is 5.25 Å². The summed E-state index contributed by atoms with van der Waals surface area (Å²) in [5, 5.41) is 10.9. The van der Waals surface area contributed by atoms with Gasteiger partial charge in [-0.2, -0.15) is 0 Å². The zero-order chi connectivity index (χ0) is 20.4. The molecule has 29 heavy (non-hydrogen) atoms. The van der Waals surface area contributed by atoms with Crippen LogP contribution in [0.2, 0.25) is 0 Å². The average molecular weight is 415 g/mol. The van der Waals surface area contributed by atoms with Gasteiger partial charge in [-0.3, -0.25) is 4.79 Å². The molecule has 150 valence electrons. The minimum atomic E-state index is -0.448. The van der Waals surface area contributed by atoms with Crippen LogP contribution in [0.5, 0.6) is 11.5 Å². The van der Waals surface area contributed by atoms with E-state index in [0.717, 1.165) is 5.56 Å². The van der Waals surface area contributed by atoms with Crippen molar-refractivity contribution in [1.29, 1.82) is 0 Å². The molecule has 0 fully saturated rings. The highest BCUT2D eigenvalue weighted by atomic mass is 32.2. The van der Waals surface area contributed by atoms with Crippen LogP contribution in [0.3, 0.4) is 0 Å². The number of carbonyl (C=O) groups excluding carboxylic acids is 1. The summed E-state index contributed by atoms with van der Waals surface area (Å²) in [6.07, 6.45) is 0. The van der Waals surface area contributed by atoms with Crippen LogP contribution in [0.4, 0.5) is 4.39 Å². The van der Waals surface area contributed by atoms with Gasteiger partial charge in [-0.15, -0.1) is 10.2 Å². The number of benzene rings is 2. The molecule has 1 atom stereocenters. The molecule has 1 aliphatic heterocycles. The third-order valence-corrected chi connectivity index (χ3v) is 5.38. The molecule has 0 unspecified atom stereocenters. The molecule has 3 N–H and O–H groups in total. The first-order chi connectivity index (χ1) is 14.0. The number of hydrogen-bond acceptors (Lipinski definition) is 7. The van der Waals surface area contributed by atoms with Crippen LogP contribution in [-0.4, -0.2) is 32.8 Å². The smallest absolute Gasteiger partial charge is 0.233 e. The van der Waals surface area contributed by atoms with Gasteiger partial charge in [0.15, 0.2) is 17.3 Å². The van der Waals surface area contributed by atoms with Gasteiger partial charge in [0.1, 0.15) is 5.82 Å². The van der Waals surface area contributed by atoms with Crippen molar-refractivity contribution in [2.24, 2.45) is 0 Å². The van der Waals surface area contributed by atoms with E-state index in [9.17, 15) is 9.18 Å². The molecule has 0 saturated heterocycles. The summed E-state index contributed by atoms with van der Waals surface area (Å²) in [6.45, 7) is 2.32. The topological polar surface area (TPSA) is 104 Å². The average Bonchev–Trinajstić information content (AvgIpc) is 3.33. The second kappa shape index (κ2) is 8.00. The maximum absolute atomic E-state index is 13.1. The van der Waals surface area contributed by atoms with Gasteiger partial charge < -0.3 is 20.6 Å². The molecule has 8 nitrogen and oxygen atoms in total. The van der Waals surface area contributed by atoms with E-state index < -0.39 is 5.25 Å². The van der Waals surface area contributed by atoms with Crippen molar-refractivity contribution >= 4 is 17.7 Å². The Labute approximate surface area is 170 Å². The molecule has 1 aliphatic rings. The number of nitrogens with one attached hydrogen (secondary N) is 1. The number of ether oxygens (including phenoxy) is 2. The van der Waals surface area contributed by atoms with E-state index in [1.54, 1.807) is 19.1 Å². The fourth-order valence-corrected chi connectivity index (χ4v) is 3.54. The molecule has 0 aliphatic carbocycles. The predicted molar refractivity (Wildman–Crippen MR) is 105 cm³/mol. The van der Waals surface area contributed by atoms with Crippen molar-refractivity contribution in [2.45, 2.75) is 23.9 Å². The number of nitrogens with two attached hydrogens (primary N) is 1. The van der Waals surface area contributed by atoms with Gasteiger partial charge in [-0.1, -0.05) is 17.8 Å². The highest BCUT2D eigenvalue weighted by molar-refractivity contribution is 8.00. The Kier molecular flexibility index (Phi) is 5.26. The van der Waals surface area contributed by atoms with E-state index in [4.69, 9.17) is 15.3 Å². The lowest BCUT2D eigenvalue weighted by molar-refractivity contribution is -0.120. The fraction of sp³-hybridized carbons (Fsp3) is 0.211. The number of nitrogen functional groups attached to an aromatic ring is 1. The predicted octanol–water partition coefficient (Wildman–Crippen LogP) is 2.32. The van der Waals surface area contributed by atoms with Crippen LogP contribution in [0.1, 0.15) is 12.5 Å². The van der Waals surface area contributed by atoms with Crippen molar-refractivity contribution in [3.8, 4) is 22.9 Å². The van der Waals surface area contributed by atoms with Gasteiger partial charge in [0, 0.05) is 12.1 Å². The second-order valence-electron chi connectivity index (χ2n) is 6.35. The highest BCUT2D eigenvalue weighted by Gasteiger charge is 2.20. The lowest BCUT2D eigenvalue weighted by Crippen LogP contribution is -2.30. The van der Waals surface area contributed by atoms with E-state index in [-0.39, 0.29) is 18.5 Å². The molecule has 0 spiro atoms. The first-order valence-electron chi connectivity index (χ1n) is 8.80. The standard InChI is InChI=1S/C19H18FN5O3S/c1-11(18(26)22-9-12-2-7-15-16(8-12)28-10-27-15)29-19-24-23-17(25(19)21)13-3-5-14(20)6-4-13/h2-8,11H,9-10,21H2,1H3,(H,22,26)/t11-/m0/s1. The Morgan fingerprint density at radius 1 is 1.24 bits per heavy atom. The lowest BCUT2D eigenvalue weighted by atomic mass is 10.2. The Balaban J connectivity index is 1.37. The Bertz CT molecular complexity index is 1040. The normalized spacial score (nSPS) is 13.3. The lowest BCUT2D eigenvalue weighted by Gasteiger charge is -2.12. The van der Waals surface area contributed by atoms with Crippen molar-refractivity contribution in [3.63, 3.8) is 0 Å². The first kappa shape index (κ1) is 19.1. The largest absolute Gasteiger partial charge is 0.454 e. The van der Waals surface area contributed by atoms with E-state index in [1.807, 2.05) is 18.2 Å². The summed E-state index contributed by atoms with van der Waals surface area (Å²) in [5.74, 6) is 7.30. The number of thioether (sulfide) groups is 1. The molecule has 0 bridgehead atoms. The molecule has 10 heteroatoms. The summed E-state index contributed by atoms with van der Waals surface area (Å²) in [5.41, 5.74) is 1.54. The molecule has 2 aromatic carbocycles. The van der Waals surface area contributed by atoms with Crippen molar-refractivity contribution in [1.82, 2.24) is 20.2 Å². The van der Waals surface area contributed by atoms with Crippen LogP contribution in [0, 0.1) is 5.82 Å². The van der Waals surface area contributed by atoms with Gasteiger partial charge in [0.2, 0.25) is 17.9 Å². The van der Waals surface area contributed by atoms with Crippen LogP contribution in [-0.2, 0) is 11.3 Å². The van der Waals surface area contributed by atoms with E-state index >= 15 is 0 Å². The van der Waals surface area contributed by atoms with E-state index in [0.29, 0.717) is 34.6 Å². The summed E-state index contributed by atoms with van der Waals surface area (Å²) in [4.78, 5) is 12.5. The molecule has 0 radical (unpaired) electrons. The van der Waals surface area contributed by atoms with Crippen molar-refractivity contribution < 1.29 is 18.7 Å². The number of halogens is 1. The molecular weight excluding hydrogens is 397 g/mol. The minimum absolute atomic E-state index is 0.168. The SMILES string of the molecule is C[C@H](Sc1nnc(-c2ccc(F)cc2)n1N)C(=O)NCc1ccc2c(c1)OCO2. The minimum Gasteiger partial charge on any atom is -0.454 e. The van der Waals surface area contributed by atoms with Crippen LogP contribution in [0.25, 0.3) is 11.4 Å². The maximum atomic E-state index is 13.1. The number of fused-ring (bicyclic) bond motifs is 1. The van der Waals surface area contributed by atoms with Gasteiger partial charge in [0.25, 0.3) is 0 Å². The summed E-state index contributed by atoms with van der Waals surface area (Å²) in [6, 6.07) is 11.3. The Morgan fingerprint density at radius 2 is 2.00 bits per heavy atom.